The van der Waals surface area contributed by atoms with E-state index in [1.165, 1.54) is 0 Å². The summed E-state index contributed by atoms with van der Waals surface area (Å²) < 4.78 is 5.33. The molecule has 27 heavy (non-hydrogen) atoms. The molecule has 4 rings (SSSR count). The van der Waals surface area contributed by atoms with E-state index in [9.17, 15) is 9.59 Å². The number of amides is 1. The Bertz CT molecular complexity index is 1170. The Hall–Kier alpha value is -3.81. The van der Waals surface area contributed by atoms with Gasteiger partial charge >= 0.3 is 5.69 Å². The maximum Gasteiger partial charge on any atom is 0.323 e. The predicted octanol–water partition coefficient (Wildman–Crippen LogP) is 2.18. The van der Waals surface area contributed by atoms with E-state index < -0.39 is 0 Å². The minimum atomic E-state index is -0.272. The number of fused-ring (bicyclic) bond motifs is 1. The average Bonchev–Trinajstić information content (AvgIpc) is 3.31. The van der Waals surface area contributed by atoms with Crippen LogP contribution >= 0.6 is 0 Å². The lowest BCUT2D eigenvalue weighted by molar-refractivity contribution is 0.0946. The molecule has 0 radical (unpaired) electrons. The van der Waals surface area contributed by atoms with Crippen LogP contribution in [0.1, 0.15) is 16.1 Å². The van der Waals surface area contributed by atoms with E-state index in [1.54, 1.807) is 19.2 Å². The van der Waals surface area contributed by atoms with Crippen molar-refractivity contribution in [2.75, 3.05) is 7.11 Å². The van der Waals surface area contributed by atoms with E-state index in [4.69, 9.17) is 4.74 Å². The molecule has 0 atom stereocenters. The highest BCUT2D eigenvalue weighted by Crippen LogP contribution is 2.28. The molecule has 0 bridgehead atoms. The number of rotatable bonds is 5. The van der Waals surface area contributed by atoms with Crippen molar-refractivity contribution < 1.29 is 9.53 Å². The van der Waals surface area contributed by atoms with Gasteiger partial charge in [0, 0.05) is 12.1 Å². The van der Waals surface area contributed by atoms with E-state index in [0.717, 1.165) is 16.6 Å². The average molecular weight is 363 g/mol. The number of nitrogens with zero attached hydrogens (tertiary/aromatic N) is 1. The first-order valence-electron chi connectivity index (χ1n) is 8.32. The SMILES string of the molecule is COc1ccccc1-c1cc(C(=O)NCc2ccc3[nH]c(=O)[nH]c3c2)[nH]n1. The van der Waals surface area contributed by atoms with Crippen LogP contribution in [0, 0.1) is 0 Å². The van der Waals surface area contributed by atoms with E-state index in [-0.39, 0.29) is 11.6 Å². The highest BCUT2D eigenvalue weighted by atomic mass is 16.5. The van der Waals surface area contributed by atoms with E-state index in [0.29, 0.717) is 29.2 Å². The highest BCUT2D eigenvalue weighted by Gasteiger charge is 2.13. The van der Waals surface area contributed by atoms with Crippen molar-refractivity contribution in [3.05, 3.63) is 70.3 Å². The quantitative estimate of drug-likeness (QED) is 0.435. The first kappa shape index (κ1) is 16.6. The number of nitrogens with one attached hydrogen (secondary N) is 4. The van der Waals surface area contributed by atoms with Gasteiger partial charge in [-0.25, -0.2) is 4.79 Å². The van der Waals surface area contributed by atoms with Crippen molar-refractivity contribution in [1.82, 2.24) is 25.5 Å². The molecule has 2 heterocycles. The standard InChI is InChI=1S/C19H17N5O3/c1-27-17-5-3-2-4-12(17)14-9-16(24-23-14)18(25)20-10-11-6-7-13-15(8-11)22-19(26)21-13/h2-9H,10H2,1H3,(H,20,25)(H,23,24)(H2,21,22,26). The molecule has 1 amide bonds. The Morgan fingerprint density at radius 2 is 1.93 bits per heavy atom. The molecule has 8 heteroatoms. The molecule has 0 spiro atoms. The molecule has 0 saturated heterocycles. The molecule has 2 aromatic heterocycles. The molecule has 0 unspecified atom stereocenters. The number of aromatic nitrogens is 4. The maximum atomic E-state index is 12.4. The topological polar surface area (TPSA) is 116 Å². The smallest absolute Gasteiger partial charge is 0.323 e. The number of methoxy groups -OCH3 is 1. The third-order valence-electron chi connectivity index (χ3n) is 4.24. The summed E-state index contributed by atoms with van der Waals surface area (Å²) in [7, 11) is 1.59. The zero-order valence-electron chi connectivity index (χ0n) is 14.5. The summed E-state index contributed by atoms with van der Waals surface area (Å²) in [6, 6.07) is 14.6. The van der Waals surface area contributed by atoms with Gasteiger partial charge in [-0.1, -0.05) is 18.2 Å². The third kappa shape index (κ3) is 3.32. The van der Waals surface area contributed by atoms with Crippen molar-refractivity contribution in [2.24, 2.45) is 0 Å². The summed E-state index contributed by atoms with van der Waals surface area (Å²) >= 11 is 0. The fraction of sp³-hybridized carbons (Fsp3) is 0.105. The van der Waals surface area contributed by atoms with Crippen molar-refractivity contribution in [3.8, 4) is 17.0 Å². The second-order valence-corrected chi connectivity index (χ2v) is 6.01. The molecular weight excluding hydrogens is 346 g/mol. The van der Waals surface area contributed by atoms with Crippen molar-refractivity contribution >= 4 is 16.9 Å². The molecule has 4 N–H and O–H groups in total. The Morgan fingerprint density at radius 3 is 2.78 bits per heavy atom. The van der Waals surface area contributed by atoms with Crippen LogP contribution in [-0.4, -0.2) is 33.2 Å². The lowest BCUT2D eigenvalue weighted by Gasteiger charge is -2.05. The summed E-state index contributed by atoms with van der Waals surface area (Å²) in [6.07, 6.45) is 0. The zero-order chi connectivity index (χ0) is 18.8. The van der Waals surface area contributed by atoms with Crippen LogP contribution in [0.4, 0.5) is 0 Å². The first-order chi connectivity index (χ1) is 13.1. The van der Waals surface area contributed by atoms with Crippen LogP contribution < -0.4 is 15.7 Å². The minimum absolute atomic E-state index is 0.257. The van der Waals surface area contributed by atoms with Crippen molar-refractivity contribution in [1.29, 1.82) is 0 Å². The van der Waals surface area contributed by atoms with Crippen molar-refractivity contribution in [3.63, 3.8) is 0 Å². The van der Waals surface area contributed by atoms with Gasteiger partial charge in [0.05, 0.1) is 23.8 Å². The molecule has 0 aliphatic rings. The van der Waals surface area contributed by atoms with Gasteiger partial charge in [0.2, 0.25) is 0 Å². The van der Waals surface area contributed by atoms with E-state index in [2.05, 4.69) is 25.5 Å². The van der Waals surface area contributed by atoms with Gasteiger partial charge in [-0.2, -0.15) is 5.10 Å². The van der Waals surface area contributed by atoms with Crippen LogP contribution in [-0.2, 0) is 6.54 Å². The largest absolute Gasteiger partial charge is 0.496 e. The Kier molecular flexibility index (Phi) is 4.21. The van der Waals surface area contributed by atoms with Crippen LogP contribution in [0.3, 0.4) is 0 Å². The van der Waals surface area contributed by atoms with Gasteiger partial charge in [-0.15, -0.1) is 0 Å². The number of carbonyl (C=O) groups is 1. The lowest BCUT2D eigenvalue weighted by Crippen LogP contribution is -2.23. The van der Waals surface area contributed by atoms with Gasteiger partial charge in [0.25, 0.3) is 5.91 Å². The molecule has 136 valence electrons. The van der Waals surface area contributed by atoms with Gasteiger partial charge in [0.15, 0.2) is 0 Å². The fourth-order valence-electron chi connectivity index (χ4n) is 2.90. The van der Waals surface area contributed by atoms with Gasteiger partial charge < -0.3 is 20.0 Å². The van der Waals surface area contributed by atoms with Crippen LogP contribution in [0.5, 0.6) is 5.75 Å². The number of aromatic amines is 3. The zero-order valence-corrected chi connectivity index (χ0v) is 14.5. The molecule has 0 aliphatic heterocycles. The molecular formula is C19H17N5O3. The second-order valence-electron chi connectivity index (χ2n) is 6.01. The number of hydrogen-bond acceptors (Lipinski definition) is 4. The lowest BCUT2D eigenvalue weighted by atomic mass is 10.1. The minimum Gasteiger partial charge on any atom is -0.496 e. The number of ether oxygens (including phenoxy) is 1. The Balaban J connectivity index is 1.48. The molecule has 0 aliphatic carbocycles. The monoisotopic (exact) mass is 363 g/mol. The molecule has 0 saturated carbocycles. The van der Waals surface area contributed by atoms with Crippen LogP contribution in [0.25, 0.3) is 22.3 Å². The second kappa shape index (κ2) is 6.83. The number of hydrogen-bond donors (Lipinski definition) is 4. The van der Waals surface area contributed by atoms with Crippen molar-refractivity contribution in [2.45, 2.75) is 6.54 Å². The number of para-hydroxylation sites is 1. The summed E-state index contributed by atoms with van der Waals surface area (Å²) in [4.78, 5) is 29.1. The van der Waals surface area contributed by atoms with E-state index in [1.807, 2.05) is 36.4 Å². The van der Waals surface area contributed by atoms with E-state index >= 15 is 0 Å². The maximum absolute atomic E-state index is 12.4. The Morgan fingerprint density at radius 1 is 1.11 bits per heavy atom. The first-order valence-corrected chi connectivity index (χ1v) is 8.32. The normalized spacial score (nSPS) is 10.9. The fourth-order valence-corrected chi connectivity index (χ4v) is 2.90. The number of benzene rings is 2. The molecule has 8 nitrogen and oxygen atoms in total. The van der Waals surface area contributed by atoms with Crippen LogP contribution in [0.15, 0.2) is 53.3 Å². The Labute approximate surface area is 153 Å². The number of carbonyl (C=O) groups excluding carboxylic acids is 1. The van der Waals surface area contributed by atoms with Gasteiger partial charge in [-0.05, 0) is 35.9 Å². The molecule has 2 aromatic carbocycles. The third-order valence-corrected chi connectivity index (χ3v) is 4.24. The number of H-pyrrole nitrogens is 3. The predicted molar refractivity (Wildman–Crippen MR) is 101 cm³/mol. The summed E-state index contributed by atoms with van der Waals surface area (Å²) in [5.74, 6) is 0.413. The van der Waals surface area contributed by atoms with Gasteiger partial charge in [-0.3, -0.25) is 9.89 Å². The summed E-state index contributed by atoms with van der Waals surface area (Å²) in [6.45, 7) is 0.324. The highest BCUT2D eigenvalue weighted by molar-refractivity contribution is 5.93. The summed E-state index contributed by atoms with van der Waals surface area (Å²) in [5, 5.41) is 9.80. The molecule has 0 fully saturated rings. The molecule has 4 aromatic rings. The van der Waals surface area contributed by atoms with Crippen LogP contribution in [0.2, 0.25) is 0 Å². The summed E-state index contributed by atoms with van der Waals surface area (Å²) in [5.41, 5.74) is 3.83. The number of imidazole rings is 1. The van der Waals surface area contributed by atoms with Gasteiger partial charge in [0.1, 0.15) is 11.4 Å².